The first kappa shape index (κ1) is 6.58. The average Bonchev–Trinajstić information content (AvgIpc) is 2.72. The Morgan fingerprint density at radius 1 is 1.20 bits per heavy atom. The van der Waals surface area contributed by atoms with Crippen molar-refractivity contribution in [1.29, 1.82) is 0 Å². The maximum Gasteiger partial charge on any atom is 0.0691 e. The molecule has 2 aliphatic rings. The van der Waals surface area contributed by atoms with Gasteiger partial charge in [0, 0.05) is 13.1 Å². The van der Waals surface area contributed by atoms with Crippen molar-refractivity contribution in [2.75, 3.05) is 26.3 Å². The van der Waals surface area contributed by atoms with Gasteiger partial charge in [-0.05, 0) is 12.8 Å². The second kappa shape index (κ2) is 2.19. The van der Waals surface area contributed by atoms with Crippen LogP contribution in [0.1, 0.15) is 12.8 Å². The third kappa shape index (κ3) is 1.05. The predicted octanol–water partition coefficient (Wildman–Crippen LogP) is -0.233. The van der Waals surface area contributed by atoms with E-state index in [2.05, 4.69) is 4.90 Å². The van der Waals surface area contributed by atoms with Crippen LogP contribution >= 0.6 is 0 Å². The largest absolute Gasteiger partial charge is 0.379 e. The van der Waals surface area contributed by atoms with Gasteiger partial charge >= 0.3 is 0 Å². The molecule has 0 radical (unpaired) electrons. The van der Waals surface area contributed by atoms with Gasteiger partial charge in [0.1, 0.15) is 0 Å². The second-order valence-electron chi connectivity index (χ2n) is 3.20. The summed E-state index contributed by atoms with van der Waals surface area (Å²) < 4.78 is 5.23. The summed E-state index contributed by atoms with van der Waals surface area (Å²) >= 11 is 0. The van der Waals surface area contributed by atoms with Gasteiger partial charge in [0.25, 0.3) is 0 Å². The first-order valence-electron chi connectivity index (χ1n) is 3.93. The van der Waals surface area contributed by atoms with E-state index >= 15 is 0 Å². The van der Waals surface area contributed by atoms with Gasteiger partial charge in [0.15, 0.2) is 0 Å². The fourth-order valence-corrected chi connectivity index (χ4v) is 1.45. The Morgan fingerprint density at radius 3 is 2.30 bits per heavy atom. The lowest BCUT2D eigenvalue weighted by atomic mass is 10.3. The van der Waals surface area contributed by atoms with Crippen LogP contribution in [0.4, 0.5) is 0 Å². The molecule has 2 fully saturated rings. The Morgan fingerprint density at radius 2 is 1.80 bits per heavy atom. The molecule has 0 amide bonds. The average molecular weight is 142 g/mol. The summed E-state index contributed by atoms with van der Waals surface area (Å²) in [5.74, 6) is 0. The molecular formula is C7H14N2O. The highest BCUT2D eigenvalue weighted by Crippen LogP contribution is 2.35. The molecule has 1 aliphatic carbocycles. The van der Waals surface area contributed by atoms with Crippen LogP contribution in [-0.2, 0) is 4.74 Å². The van der Waals surface area contributed by atoms with E-state index in [1.165, 1.54) is 12.8 Å². The van der Waals surface area contributed by atoms with E-state index in [0.29, 0.717) is 0 Å². The van der Waals surface area contributed by atoms with Crippen molar-refractivity contribution in [3.05, 3.63) is 0 Å². The third-order valence-electron chi connectivity index (χ3n) is 2.40. The summed E-state index contributed by atoms with van der Waals surface area (Å²) in [5, 5.41) is 0. The molecule has 58 valence electrons. The van der Waals surface area contributed by atoms with E-state index in [4.69, 9.17) is 10.5 Å². The monoisotopic (exact) mass is 142 g/mol. The number of hydrogen-bond acceptors (Lipinski definition) is 3. The van der Waals surface area contributed by atoms with E-state index in [0.717, 1.165) is 26.3 Å². The standard InChI is InChI=1S/C7H14N2O/c8-7(1-2-7)9-3-5-10-6-4-9/h1-6,8H2. The van der Waals surface area contributed by atoms with Gasteiger partial charge in [-0.3, -0.25) is 4.90 Å². The molecule has 0 aromatic rings. The van der Waals surface area contributed by atoms with Gasteiger partial charge < -0.3 is 10.5 Å². The van der Waals surface area contributed by atoms with Crippen molar-refractivity contribution in [3.63, 3.8) is 0 Å². The van der Waals surface area contributed by atoms with Gasteiger partial charge in [-0.2, -0.15) is 0 Å². The van der Waals surface area contributed by atoms with E-state index in [9.17, 15) is 0 Å². The minimum absolute atomic E-state index is 0.0732. The van der Waals surface area contributed by atoms with Gasteiger partial charge in [-0.25, -0.2) is 0 Å². The number of nitrogens with zero attached hydrogens (tertiary/aromatic N) is 1. The Kier molecular flexibility index (Phi) is 1.44. The van der Waals surface area contributed by atoms with Crippen LogP contribution in [0, 0.1) is 0 Å². The van der Waals surface area contributed by atoms with E-state index in [-0.39, 0.29) is 5.66 Å². The van der Waals surface area contributed by atoms with Gasteiger partial charge in [-0.15, -0.1) is 0 Å². The van der Waals surface area contributed by atoms with Crippen molar-refractivity contribution in [3.8, 4) is 0 Å². The van der Waals surface area contributed by atoms with Crippen molar-refractivity contribution < 1.29 is 4.74 Å². The number of hydrogen-bond donors (Lipinski definition) is 1. The summed E-state index contributed by atoms with van der Waals surface area (Å²) in [6.45, 7) is 3.77. The highest BCUT2D eigenvalue weighted by atomic mass is 16.5. The van der Waals surface area contributed by atoms with Crippen LogP contribution in [0.2, 0.25) is 0 Å². The Bertz CT molecular complexity index is 128. The molecule has 0 unspecified atom stereocenters. The van der Waals surface area contributed by atoms with Crippen LogP contribution in [0.15, 0.2) is 0 Å². The molecule has 1 heterocycles. The van der Waals surface area contributed by atoms with Gasteiger partial charge in [0.05, 0.1) is 18.9 Å². The van der Waals surface area contributed by atoms with E-state index in [1.54, 1.807) is 0 Å². The molecule has 2 N–H and O–H groups in total. The van der Waals surface area contributed by atoms with Gasteiger partial charge in [-0.1, -0.05) is 0 Å². The van der Waals surface area contributed by atoms with Crippen molar-refractivity contribution in [2.24, 2.45) is 5.73 Å². The summed E-state index contributed by atoms with van der Waals surface area (Å²) in [6.07, 6.45) is 2.35. The Hall–Kier alpha value is -0.120. The van der Waals surface area contributed by atoms with Gasteiger partial charge in [0.2, 0.25) is 0 Å². The molecule has 2 rings (SSSR count). The van der Waals surface area contributed by atoms with Crippen LogP contribution in [0.3, 0.4) is 0 Å². The summed E-state index contributed by atoms with van der Waals surface area (Å²) in [6, 6.07) is 0. The number of ether oxygens (including phenoxy) is 1. The zero-order valence-corrected chi connectivity index (χ0v) is 6.18. The molecular weight excluding hydrogens is 128 g/mol. The highest BCUT2D eigenvalue weighted by molar-refractivity contribution is 4.98. The van der Waals surface area contributed by atoms with Crippen molar-refractivity contribution >= 4 is 0 Å². The molecule has 0 bridgehead atoms. The van der Waals surface area contributed by atoms with E-state index < -0.39 is 0 Å². The SMILES string of the molecule is NC1(N2CCOCC2)CC1. The summed E-state index contributed by atoms with van der Waals surface area (Å²) in [7, 11) is 0. The molecule has 0 aromatic heterocycles. The minimum atomic E-state index is 0.0732. The summed E-state index contributed by atoms with van der Waals surface area (Å²) in [4.78, 5) is 2.34. The van der Waals surface area contributed by atoms with Crippen LogP contribution in [-0.4, -0.2) is 36.9 Å². The van der Waals surface area contributed by atoms with Crippen LogP contribution in [0.5, 0.6) is 0 Å². The van der Waals surface area contributed by atoms with Crippen LogP contribution in [0.25, 0.3) is 0 Å². The number of nitrogens with two attached hydrogens (primary N) is 1. The fourth-order valence-electron chi connectivity index (χ4n) is 1.45. The quantitative estimate of drug-likeness (QED) is 0.549. The lowest BCUT2D eigenvalue weighted by molar-refractivity contribution is 0.0110. The molecule has 0 atom stereocenters. The molecule has 3 nitrogen and oxygen atoms in total. The lowest BCUT2D eigenvalue weighted by Gasteiger charge is -2.31. The molecule has 1 aliphatic heterocycles. The highest BCUT2D eigenvalue weighted by Gasteiger charge is 2.44. The Labute approximate surface area is 61.1 Å². The second-order valence-corrected chi connectivity index (χ2v) is 3.20. The predicted molar refractivity (Wildman–Crippen MR) is 38.5 cm³/mol. The maximum atomic E-state index is 5.99. The first-order chi connectivity index (χ1) is 4.81. The normalized spacial score (nSPS) is 32.1. The zero-order valence-electron chi connectivity index (χ0n) is 6.18. The first-order valence-corrected chi connectivity index (χ1v) is 3.93. The topological polar surface area (TPSA) is 38.5 Å². The van der Waals surface area contributed by atoms with E-state index in [1.807, 2.05) is 0 Å². The number of morpholine rings is 1. The zero-order chi connectivity index (χ0) is 7.03. The smallest absolute Gasteiger partial charge is 0.0691 e. The molecule has 10 heavy (non-hydrogen) atoms. The van der Waals surface area contributed by atoms with Crippen molar-refractivity contribution in [1.82, 2.24) is 4.90 Å². The Balaban J connectivity index is 1.91. The molecule has 1 saturated heterocycles. The van der Waals surface area contributed by atoms with Crippen LogP contribution < -0.4 is 5.73 Å². The maximum absolute atomic E-state index is 5.99. The third-order valence-corrected chi connectivity index (χ3v) is 2.40. The number of rotatable bonds is 1. The molecule has 1 saturated carbocycles. The van der Waals surface area contributed by atoms with Crippen molar-refractivity contribution in [2.45, 2.75) is 18.5 Å². The molecule has 0 spiro atoms. The molecule has 0 aromatic carbocycles. The summed E-state index contributed by atoms with van der Waals surface area (Å²) in [5.41, 5.74) is 6.06. The molecule has 3 heteroatoms. The minimum Gasteiger partial charge on any atom is -0.379 e. The lowest BCUT2D eigenvalue weighted by Crippen LogP contribution is -2.50. The fraction of sp³-hybridized carbons (Fsp3) is 1.00.